The number of amides is 1. The highest BCUT2D eigenvalue weighted by Crippen LogP contribution is 2.25. The molecule has 0 aliphatic heterocycles. The lowest BCUT2D eigenvalue weighted by molar-refractivity contribution is -0.385. The predicted octanol–water partition coefficient (Wildman–Crippen LogP) is 2.60. The number of nitro benzene ring substituents is 1. The van der Waals surface area contributed by atoms with E-state index < -0.39 is 4.92 Å². The van der Waals surface area contributed by atoms with Crippen LogP contribution in [0.1, 0.15) is 12.2 Å². The predicted molar refractivity (Wildman–Crippen MR) is 96.0 cm³/mol. The Hall–Kier alpha value is -3.42. The molecular weight excluding hydrogens is 336 g/mol. The summed E-state index contributed by atoms with van der Waals surface area (Å²) >= 11 is 0. The summed E-state index contributed by atoms with van der Waals surface area (Å²) in [6.45, 7) is 0.200. The number of imidazole rings is 1. The van der Waals surface area contributed by atoms with E-state index in [9.17, 15) is 14.9 Å². The molecule has 134 valence electrons. The van der Waals surface area contributed by atoms with E-state index in [1.165, 1.54) is 12.1 Å². The van der Waals surface area contributed by atoms with Crippen LogP contribution in [0.15, 0.2) is 48.5 Å². The number of aromatic nitrogens is 2. The SMILES string of the molecule is O=C(COc1ccccc1[N+](=O)[O-])NCCCc1nc2ccccc2[nH]1. The van der Waals surface area contributed by atoms with E-state index in [0.717, 1.165) is 23.3 Å². The zero-order chi connectivity index (χ0) is 18.4. The van der Waals surface area contributed by atoms with Gasteiger partial charge in [-0.1, -0.05) is 24.3 Å². The number of nitro groups is 1. The lowest BCUT2D eigenvalue weighted by Gasteiger charge is -2.07. The number of ether oxygens (including phenoxy) is 1. The van der Waals surface area contributed by atoms with E-state index in [0.29, 0.717) is 13.0 Å². The van der Waals surface area contributed by atoms with Crippen LogP contribution in [-0.2, 0) is 11.2 Å². The number of para-hydroxylation sites is 4. The monoisotopic (exact) mass is 354 g/mol. The first-order valence-corrected chi connectivity index (χ1v) is 8.20. The van der Waals surface area contributed by atoms with Crippen LogP contribution >= 0.6 is 0 Å². The van der Waals surface area contributed by atoms with E-state index in [2.05, 4.69) is 15.3 Å². The molecular formula is C18H18N4O4. The number of benzene rings is 2. The number of fused-ring (bicyclic) bond motifs is 1. The van der Waals surface area contributed by atoms with Crippen LogP contribution in [0.4, 0.5) is 5.69 Å². The van der Waals surface area contributed by atoms with Crippen LogP contribution in [0.2, 0.25) is 0 Å². The van der Waals surface area contributed by atoms with Gasteiger partial charge in [0.2, 0.25) is 0 Å². The van der Waals surface area contributed by atoms with Gasteiger partial charge in [0.05, 0.1) is 16.0 Å². The van der Waals surface area contributed by atoms with Gasteiger partial charge in [0.15, 0.2) is 12.4 Å². The molecule has 0 fully saturated rings. The summed E-state index contributed by atoms with van der Waals surface area (Å²) in [5.41, 5.74) is 1.75. The molecule has 0 aliphatic rings. The summed E-state index contributed by atoms with van der Waals surface area (Å²) < 4.78 is 5.24. The number of H-pyrrole nitrogens is 1. The molecule has 0 radical (unpaired) electrons. The highest BCUT2D eigenvalue weighted by atomic mass is 16.6. The molecule has 0 unspecified atom stereocenters. The Morgan fingerprint density at radius 2 is 1.96 bits per heavy atom. The molecule has 2 N–H and O–H groups in total. The van der Waals surface area contributed by atoms with Gasteiger partial charge in [0.25, 0.3) is 5.91 Å². The molecule has 0 saturated carbocycles. The van der Waals surface area contributed by atoms with Gasteiger partial charge in [-0.15, -0.1) is 0 Å². The molecule has 2 aromatic carbocycles. The Kier molecular flexibility index (Phi) is 5.43. The molecule has 8 heteroatoms. The fraction of sp³-hybridized carbons (Fsp3) is 0.222. The standard InChI is InChI=1S/C18H18N4O4/c23-18(12-26-16-9-4-3-8-15(16)22(24)25)19-11-5-10-17-20-13-6-1-2-7-14(13)21-17/h1-4,6-9H,5,10-12H2,(H,19,23)(H,20,21). The number of carbonyl (C=O) groups is 1. The second-order valence-electron chi connectivity index (χ2n) is 5.67. The van der Waals surface area contributed by atoms with Crippen molar-refractivity contribution in [1.29, 1.82) is 0 Å². The highest BCUT2D eigenvalue weighted by Gasteiger charge is 2.14. The Labute approximate surface area is 149 Å². The molecule has 8 nitrogen and oxygen atoms in total. The topological polar surface area (TPSA) is 110 Å². The molecule has 1 heterocycles. The van der Waals surface area contributed by atoms with Crippen molar-refractivity contribution in [2.24, 2.45) is 0 Å². The summed E-state index contributed by atoms with van der Waals surface area (Å²) in [5, 5.41) is 13.6. The fourth-order valence-corrected chi connectivity index (χ4v) is 2.53. The summed E-state index contributed by atoms with van der Waals surface area (Å²) in [5.74, 6) is 0.624. The Bertz CT molecular complexity index is 889. The first-order valence-electron chi connectivity index (χ1n) is 8.20. The molecule has 0 saturated heterocycles. The van der Waals surface area contributed by atoms with Gasteiger partial charge in [-0.05, 0) is 24.6 Å². The molecule has 1 aromatic heterocycles. The van der Waals surface area contributed by atoms with Crippen LogP contribution in [0.25, 0.3) is 11.0 Å². The quantitative estimate of drug-likeness (QED) is 0.367. The second kappa shape index (κ2) is 8.11. The van der Waals surface area contributed by atoms with Crippen LogP contribution in [0, 0.1) is 10.1 Å². The summed E-state index contributed by atoms with van der Waals surface area (Å²) in [6, 6.07) is 13.8. The third-order valence-electron chi connectivity index (χ3n) is 3.77. The van der Waals surface area contributed by atoms with Crippen molar-refractivity contribution in [1.82, 2.24) is 15.3 Å². The van der Waals surface area contributed by atoms with Crippen LogP contribution in [0.3, 0.4) is 0 Å². The first-order chi connectivity index (χ1) is 12.6. The van der Waals surface area contributed by atoms with Crippen molar-refractivity contribution >= 4 is 22.6 Å². The number of aryl methyl sites for hydroxylation is 1. The Morgan fingerprint density at radius 3 is 2.77 bits per heavy atom. The number of hydrogen-bond donors (Lipinski definition) is 2. The number of rotatable bonds is 8. The molecule has 3 rings (SSSR count). The minimum atomic E-state index is -0.541. The smallest absolute Gasteiger partial charge is 0.310 e. The van der Waals surface area contributed by atoms with Gasteiger partial charge in [0.1, 0.15) is 5.82 Å². The van der Waals surface area contributed by atoms with Gasteiger partial charge in [-0.25, -0.2) is 4.98 Å². The van der Waals surface area contributed by atoms with E-state index in [-0.39, 0.29) is 24.0 Å². The van der Waals surface area contributed by atoms with Crippen molar-refractivity contribution in [3.8, 4) is 5.75 Å². The minimum absolute atomic E-state index is 0.0786. The number of nitrogens with one attached hydrogen (secondary N) is 2. The lowest BCUT2D eigenvalue weighted by atomic mass is 10.3. The third-order valence-corrected chi connectivity index (χ3v) is 3.77. The zero-order valence-electron chi connectivity index (χ0n) is 14.0. The highest BCUT2D eigenvalue weighted by molar-refractivity contribution is 5.77. The number of hydrogen-bond acceptors (Lipinski definition) is 5. The average molecular weight is 354 g/mol. The van der Waals surface area contributed by atoms with Crippen LogP contribution in [-0.4, -0.2) is 34.0 Å². The van der Waals surface area contributed by atoms with Crippen molar-refractivity contribution in [3.05, 3.63) is 64.5 Å². The van der Waals surface area contributed by atoms with Gasteiger partial charge in [0, 0.05) is 19.0 Å². The van der Waals surface area contributed by atoms with E-state index in [4.69, 9.17) is 4.74 Å². The summed E-state index contributed by atoms with van der Waals surface area (Å²) in [7, 11) is 0. The second-order valence-corrected chi connectivity index (χ2v) is 5.67. The maximum atomic E-state index is 11.8. The van der Waals surface area contributed by atoms with Gasteiger partial charge < -0.3 is 15.0 Å². The van der Waals surface area contributed by atoms with Crippen LogP contribution in [0.5, 0.6) is 5.75 Å². The Morgan fingerprint density at radius 1 is 1.19 bits per heavy atom. The van der Waals surface area contributed by atoms with Crippen molar-refractivity contribution < 1.29 is 14.5 Å². The van der Waals surface area contributed by atoms with E-state index in [1.807, 2.05) is 24.3 Å². The van der Waals surface area contributed by atoms with E-state index >= 15 is 0 Å². The molecule has 0 atom stereocenters. The first kappa shape index (κ1) is 17.4. The summed E-state index contributed by atoms with van der Waals surface area (Å²) in [6.07, 6.45) is 1.43. The summed E-state index contributed by atoms with van der Waals surface area (Å²) in [4.78, 5) is 29.9. The molecule has 26 heavy (non-hydrogen) atoms. The minimum Gasteiger partial charge on any atom is -0.477 e. The fourth-order valence-electron chi connectivity index (χ4n) is 2.53. The van der Waals surface area contributed by atoms with Gasteiger partial charge in [-0.3, -0.25) is 14.9 Å². The normalized spacial score (nSPS) is 10.6. The molecule has 3 aromatic rings. The van der Waals surface area contributed by atoms with Crippen molar-refractivity contribution in [2.45, 2.75) is 12.8 Å². The lowest BCUT2D eigenvalue weighted by Crippen LogP contribution is -2.30. The third kappa shape index (κ3) is 4.35. The van der Waals surface area contributed by atoms with Crippen molar-refractivity contribution in [2.75, 3.05) is 13.2 Å². The molecule has 0 aliphatic carbocycles. The van der Waals surface area contributed by atoms with Gasteiger partial charge >= 0.3 is 5.69 Å². The average Bonchev–Trinajstić information content (AvgIpc) is 3.06. The van der Waals surface area contributed by atoms with E-state index in [1.54, 1.807) is 12.1 Å². The Balaban J connectivity index is 1.41. The number of nitrogens with zero attached hydrogens (tertiary/aromatic N) is 2. The molecule has 0 bridgehead atoms. The molecule has 0 spiro atoms. The molecule has 1 amide bonds. The maximum Gasteiger partial charge on any atom is 0.310 e. The maximum absolute atomic E-state index is 11.8. The van der Waals surface area contributed by atoms with Gasteiger partial charge in [-0.2, -0.15) is 0 Å². The largest absolute Gasteiger partial charge is 0.477 e. The number of aromatic amines is 1. The van der Waals surface area contributed by atoms with Crippen molar-refractivity contribution in [3.63, 3.8) is 0 Å². The zero-order valence-corrected chi connectivity index (χ0v) is 14.0. The number of carbonyl (C=O) groups excluding carboxylic acids is 1. The van der Waals surface area contributed by atoms with Crippen LogP contribution < -0.4 is 10.1 Å².